The van der Waals surface area contributed by atoms with Crippen LogP contribution in [0.3, 0.4) is 0 Å². The van der Waals surface area contributed by atoms with Crippen molar-refractivity contribution >= 4 is 23.0 Å². The van der Waals surface area contributed by atoms with Crippen LogP contribution in [-0.2, 0) is 4.79 Å². The lowest BCUT2D eigenvalue weighted by Crippen LogP contribution is -2.52. The fourth-order valence-corrected chi connectivity index (χ4v) is 3.65. The predicted octanol–water partition coefficient (Wildman–Crippen LogP) is 2.95. The van der Waals surface area contributed by atoms with E-state index in [0.717, 1.165) is 50.2 Å². The van der Waals surface area contributed by atoms with Gasteiger partial charge < -0.3 is 15.2 Å². The normalized spacial score (nSPS) is 15.2. The fraction of sp³-hybridized carbons (Fsp3) is 0.500. The number of primary amides is 1. The number of likely N-dealkylation sites (tertiary alicyclic amines) is 1. The number of amides is 1. The van der Waals surface area contributed by atoms with Crippen LogP contribution in [0.25, 0.3) is 10.6 Å². The van der Waals surface area contributed by atoms with Gasteiger partial charge in [0, 0.05) is 25.6 Å². The van der Waals surface area contributed by atoms with Crippen molar-refractivity contribution in [1.29, 1.82) is 0 Å². The van der Waals surface area contributed by atoms with Gasteiger partial charge in [-0.15, -0.1) is 11.3 Å². The van der Waals surface area contributed by atoms with E-state index in [-0.39, 0.29) is 17.6 Å². The van der Waals surface area contributed by atoms with E-state index in [0.29, 0.717) is 17.9 Å². The number of thiophene rings is 1. The zero-order chi connectivity index (χ0) is 17.6. The van der Waals surface area contributed by atoms with E-state index in [9.17, 15) is 9.59 Å². The molecule has 7 heteroatoms. The largest absolute Gasteiger partial charge is 0.369 e. The zero-order valence-electron chi connectivity index (χ0n) is 14.1. The highest BCUT2D eigenvalue weighted by Crippen LogP contribution is 2.25. The first-order chi connectivity index (χ1) is 12.1. The van der Waals surface area contributed by atoms with Gasteiger partial charge in [0.1, 0.15) is 5.69 Å². The summed E-state index contributed by atoms with van der Waals surface area (Å²) < 4.78 is 5.25. The average Bonchev–Trinajstić information content (AvgIpc) is 3.22. The zero-order valence-corrected chi connectivity index (χ0v) is 15.0. The van der Waals surface area contributed by atoms with Crippen molar-refractivity contribution in [3.05, 3.63) is 29.3 Å². The maximum absolute atomic E-state index is 12.2. The molecule has 0 unspecified atom stereocenters. The molecule has 0 aliphatic carbocycles. The number of Topliss-reactive ketones (excluding diaryl/α,β-unsaturated/α-hetero) is 1. The third-order valence-corrected chi connectivity index (χ3v) is 5.43. The monoisotopic (exact) mass is 361 g/mol. The number of carbonyl (C=O) groups excluding carboxylic acids is 2. The Hall–Kier alpha value is -1.99. The summed E-state index contributed by atoms with van der Waals surface area (Å²) in [7, 11) is 0. The SMILES string of the molecule is NC(=O)C1CN(CCCCCCC(=O)c2cc(-c3cccs3)on2)C1. The van der Waals surface area contributed by atoms with Gasteiger partial charge in [-0.1, -0.05) is 24.1 Å². The Balaban J connectivity index is 1.28. The van der Waals surface area contributed by atoms with Gasteiger partial charge in [0.25, 0.3) is 0 Å². The summed E-state index contributed by atoms with van der Waals surface area (Å²) >= 11 is 1.56. The fourth-order valence-electron chi connectivity index (χ4n) is 2.98. The molecule has 3 rings (SSSR count). The number of ketones is 1. The topological polar surface area (TPSA) is 89.4 Å². The molecule has 0 radical (unpaired) electrons. The molecule has 0 aromatic carbocycles. The Morgan fingerprint density at radius 1 is 1.28 bits per heavy atom. The molecule has 0 saturated carbocycles. The average molecular weight is 361 g/mol. The van der Waals surface area contributed by atoms with Gasteiger partial charge in [0.15, 0.2) is 11.5 Å². The predicted molar refractivity (Wildman–Crippen MR) is 96.4 cm³/mol. The molecule has 2 aromatic heterocycles. The molecule has 1 aliphatic rings. The van der Waals surface area contributed by atoms with Crippen molar-refractivity contribution in [2.45, 2.75) is 32.1 Å². The Kier molecular flexibility index (Phi) is 5.99. The number of nitrogens with zero attached hydrogens (tertiary/aromatic N) is 2. The second-order valence-corrected chi connectivity index (χ2v) is 7.45. The first-order valence-corrected chi connectivity index (χ1v) is 9.57. The molecule has 0 atom stereocenters. The number of unbranched alkanes of at least 4 members (excludes halogenated alkanes) is 3. The number of hydrogen-bond acceptors (Lipinski definition) is 6. The maximum atomic E-state index is 12.2. The standard InChI is InChI=1S/C18H23N3O3S/c19-18(23)13-11-21(12-13)8-4-2-1-3-6-15(22)14-10-16(24-20-14)17-7-5-9-25-17/h5,7,9-10,13H,1-4,6,8,11-12H2,(H2,19,23). The molecule has 1 fully saturated rings. The van der Waals surface area contributed by atoms with Crippen LogP contribution in [0, 0.1) is 5.92 Å². The minimum absolute atomic E-state index is 0.0404. The van der Waals surface area contributed by atoms with Gasteiger partial charge in [0.05, 0.1) is 10.8 Å². The van der Waals surface area contributed by atoms with Crippen LogP contribution in [0.2, 0.25) is 0 Å². The van der Waals surface area contributed by atoms with Crippen molar-refractivity contribution in [3.63, 3.8) is 0 Å². The van der Waals surface area contributed by atoms with Crippen LogP contribution in [0.5, 0.6) is 0 Å². The number of carbonyl (C=O) groups is 2. The molecule has 2 N–H and O–H groups in total. The lowest BCUT2D eigenvalue weighted by atomic mass is 9.99. The van der Waals surface area contributed by atoms with Crippen LogP contribution < -0.4 is 5.73 Å². The lowest BCUT2D eigenvalue weighted by molar-refractivity contribution is -0.126. The van der Waals surface area contributed by atoms with Crippen LogP contribution in [0.1, 0.15) is 42.6 Å². The molecule has 6 nitrogen and oxygen atoms in total. The van der Waals surface area contributed by atoms with Crippen LogP contribution in [0.15, 0.2) is 28.1 Å². The van der Waals surface area contributed by atoms with E-state index >= 15 is 0 Å². The van der Waals surface area contributed by atoms with Crippen LogP contribution in [-0.4, -0.2) is 41.4 Å². The Labute approximate surface area is 151 Å². The number of rotatable bonds is 10. The first kappa shape index (κ1) is 17.8. The number of hydrogen-bond donors (Lipinski definition) is 1. The van der Waals surface area contributed by atoms with E-state index in [2.05, 4.69) is 10.1 Å². The molecule has 3 heterocycles. The van der Waals surface area contributed by atoms with Crippen molar-refractivity contribution in [2.75, 3.05) is 19.6 Å². The molecular weight excluding hydrogens is 338 g/mol. The van der Waals surface area contributed by atoms with Gasteiger partial charge in [-0.05, 0) is 30.8 Å². The first-order valence-electron chi connectivity index (χ1n) is 8.69. The second-order valence-electron chi connectivity index (χ2n) is 6.50. The van der Waals surface area contributed by atoms with Crippen molar-refractivity contribution < 1.29 is 14.1 Å². The molecule has 0 bridgehead atoms. The van der Waals surface area contributed by atoms with E-state index < -0.39 is 0 Å². The molecule has 2 aromatic rings. The van der Waals surface area contributed by atoms with Gasteiger partial charge in [-0.3, -0.25) is 9.59 Å². The molecule has 1 aliphatic heterocycles. The van der Waals surface area contributed by atoms with Crippen molar-refractivity contribution in [1.82, 2.24) is 10.1 Å². The summed E-state index contributed by atoms with van der Waals surface area (Å²) in [5.74, 6) is 0.546. The lowest BCUT2D eigenvalue weighted by Gasteiger charge is -2.37. The summed E-state index contributed by atoms with van der Waals surface area (Å²) in [4.78, 5) is 26.3. The van der Waals surface area contributed by atoms with E-state index in [1.54, 1.807) is 17.4 Å². The molecule has 1 amide bonds. The van der Waals surface area contributed by atoms with Crippen LogP contribution in [0.4, 0.5) is 0 Å². The smallest absolute Gasteiger partial charge is 0.223 e. The highest BCUT2D eigenvalue weighted by atomic mass is 32.1. The maximum Gasteiger partial charge on any atom is 0.223 e. The van der Waals surface area contributed by atoms with Crippen molar-refractivity contribution in [2.24, 2.45) is 11.7 Å². The molecule has 1 saturated heterocycles. The molecule has 134 valence electrons. The minimum Gasteiger partial charge on any atom is -0.369 e. The van der Waals surface area contributed by atoms with Crippen molar-refractivity contribution in [3.8, 4) is 10.6 Å². The van der Waals surface area contributed by atoms with Gasteiger partial charge in [-0.2, -0.15) is 0 Å². The van der Waals surface area contributed by atoms with E-state index in [1.165, 1.54) is 0 Å². The molecular formula is C18H23N3O3S. The second kappa shape index (κ2) is 8.40. The van der Waals surface area contributed by atoms with Crippen LogP contribution >= 0.6 is 11.3 Å². The van der Waals surface area contributed by atoms with Gasteiger partial charge >= 0.3 is 0 Å². The van der Waals surface area contributed by atoms with Gasteiger partial charge in [-0.25, -0.2) is 0 Å². The third kappa shape index (κ3) is 4.76. The third-order valence-electron chi connectivity index (χ3n) is 4.55. The Morgan fingerprint density at radius 3 is 2.80 bits per heavy atom. The van der Waals surface area contributed by atoms with E-state index in [4.69, 9.17) is 10.3 Å². The Bertz CT molecular complexity index is 705. The van der Waals surface area contributed by atoms with E-state index in [1.807, 2.05) is 17.5 Å². The summed E-state index contributed by atoms with van der Waals surface area (Å²) in [6.07, 6.45) is 4.57. The summed E-state index contributed by atoms with van der Waals surface area (Å²) in [6, 6.07) is 5.62. The summed E-state index contributed by atoms with van der Waals surface area (Å²) in [6.45, 7) is 2.60. The molecule has 0 spiro atoms. The summed E-state index contributed by atoms with van der Waals surface area (Å²) in [5, 5.41) is 5.85. The Morgan fingerprint density at radius 2 is 2.08 bits per heavy atom. The quantitative estimate of drug-likeness (QED) is 0.519. The highest BCUT2D eigenvalue weighted by Gasteiger charge is 2.30. The minimum atomic E-state index is -0.190. The number of aromatic nitrogens is 1. The molecule has 25 heavy (non-hydrogen) atoms. The number of nitrogens with two attached hydrogens (primary N) is 1. The summed E-state index contributed by atoms with van der Waals surface area (Å²) in [5.41, 5.74) is 5.67. The van der Waals surface area contributed by atoms with Gasteiger partial charge in [0.2, 0.25) is 5.91 Å². The highest BCUT2D eigenvalue weighted by molar-refractivity contribution is 7.13.